The molecule has 36 heavy (non-hydrogen) atoms. The molecule has 0 heteroatoms. The van der Waals surface area contributed by atoms with Crippen LogP contribution < -0.4 is 10.4 Å². The third-order valence-electron chi connectivity index (χ3n) is 7.08. The van der Waals surface area contributed by atoms with Crippen LogP contribution in [0, 0.1) is 11.8 Å². The Balaban J connectivity index is 1.61. The van der Waals surface area contributed by atoms with E-state index in [-0.39, 0.29) is 58.8 Å². The van der Waals surface area contributed by atoms with E-state index in [0.717, 1.165) is 21.9 Å². The van der Waals surface area contributed by atoms with Crippen molar-refractivity contribution >= 4 is 21.9 Å². The summed E-state index contributed by atoms with van der Waals surface area (Å²) in [4.78, 5) is 0. The van der Waals surface area contributed by atoms with Crippen molar-refractivity contribution in [1.29, 1.82) is 0 Å². The first-order chi connectivity index (χ1) is 21.2. The first-order valence-electron chi connectivity index (χ1n) is 16.0. The smallest absolute Gasteiger partial charge is 0.0629 e. The van der Waals surface area contributed by atoms with Crippen LogP contribution in [0.25, 0.3) is 33.0 Å². The molecule has 2 atom stereocenters. The average Bonchev–Trinajstić information content (AvgIpc) is 3.06. The highest BCUT2D eigenvalue weighted by molar-refractivity contribution is 5.96. The van der Waals surface area contributed by atoms with Crippen LogP contribution in [0.4, 0.5) is 0 Å². The van der Waals surface area contributed by atoms with Crippen LogP contribution in [0.2, 0.25) is 0 Å². The second-order valence-electron chi connectivity index (χ2n) is 9.04. The zero-order chi connectivity index (χ0) is 30.9. The summed E-state index contributed by atoms with van der Waals surface area (Å²) in [6.45, 7) is 0. The fraction of sp³-hybridized carbons (Fsp3) is 0.0556. The lowest BCUT2D eigenvalue weighted by Crippen LogP contribution is -2.40. The van der Waals surface area contributed by atoms with Crippen LogP contribution in [0.3, 0.4) is 0 Å². The summed E-state index contributed by atoms with van der Waals surface area (Å²) in [6, 6.07) is 28.9. The molecule has 7 rings (SSSR count). The zero-order valence-electron chi connectivity index (χ0n) is 27.4. The number of hydrogen-bond acceptors (Lipinski definition) is 0. The Labute approximate surface area is 223 Å². The van der Waals surface area contributed by atoms with Gasteiger partial charge in [0.2, 0.25) is 0 Å². The Kier molecular flexibility index (Phi) is 3.42. The third-order valence-corrected chi connectivity index (χ3v) is 7.08. The van der Waals surface area contributed by atoms with Crippen molar-refractivity contribution < 1.29 is 11.0 Å². The van der Waals surface area contributed by atoms with Gasteiger partial charge < -0.3 is 0 Å². The maximum Gasteiger partial charge on any atom is 0.0629 e. The minimum absolute atomic E-state index is 0.141. The van der Waals surface area contributed by atoms with E-state index >= 15 is 0 Å². The number of fused-ring (bicyclic) bond motifs is 3. The molecule has 0 N–H and O–H groups in total. The number of rotatable bonds is 3. The van der Waals surface area contributed by atoms with Crippen LogP contribution >= 0.6 is 0 Å². The van der Waals surface area contributed by atoms with Gasteiger partial charge in [-0.25, -0.2) is 0 Å². The minimum Gasteiger partial charge on any atom is -0.0760 e. The summed E-state index contributed by atoms with van der Waals surface area (Å²) in [5.74, 6) is -1.78. The molecular formula is C36H26. The summed E-state index contributed by atoms with van der Waals surface area (Å²) < 4.78 is 70.6. The summed E-state index contributed by atoms with van der Waals surface area (Å²) in [5, 5.41) is 2.76. The topological polar surface area (TPSA) is 0 Å². The molecular weight excluding hydrogens is 432 g/mol. The van der Waals surface area contributed by atoms with Crippen LogP contribution in [0.15, 0.2) is 145 Å². The Hall–Kier alpha value is -4.42. The first kappa shape index (κ1) is 14.2. The van der Waals surface area contributed by atoms with Crippen molar-refractivity contribution in [2.45, 2.75) is 0 Å². The monoisotopic (exact) mass is 466 g/mol. The fourth-order valence-corrected chi connectivity index (χ4v) is 5.47. The Morgan fingerprint density at radius 2 is 1.06 bits per heavy atom. The van der Waals surface area contributed by atoms with Crippen molar-refractivity contribution in [2.75, 3.05) is 0 Å². The third kappa shape index (κ3) is 3.38. The maximum atomic E-state index is 9.11. The molecule has 2 aliphatic carbocycles. The second kappa shape index (κ2) is 8.66. The van der Waals surface area contributed by atoms with Crippen molar-refractivity contribution in [1.82, 2.24) is 0 Å². The molecule has 0 bridgehead atoms. The van der Waals surface area contributed by atoms with Crippen molar-refractivity contribution in [3.8, 4) is 11.1 Å². The lowest BCUT2D eigenvalue weighted by Gasteiger charge is -2.33. The normalized spacial score (nSPS) is 22.4. The predicted molar refractivity (Wildman–Crippen MR) is 152 cm³/mol. The number of allylic oxidation sites excluding steroid dienone is 4. The SMILES string of the molecule is [2H]C1=C([2H])C2C(c3ccccc3)=c3c([2H])c([2H])c([2H])c([2H])c3=C(c3ccc(-c4cccc5ccccc45)cc3)C2C([2H])=C1[2H]. The van der Waals surface area contributed by atoms with E-state index in [0.29, 0.717) is 22.3 Å². The Morgan fingerprint density at radius 1 is 0.500 bits per heavy atom. The fourth-order valence-electron chi connectivity index (χ4n) is 5.47. The second-order valence-corrected chi connectivity index (χ2v) is 9.04. The molecule has 2 unspecified atom stereocenters. The van der Waals surface area contributed by atoms with Crippen molar-refractivity contribution in [3.63, 3.8) is 0 Å². The highest BCUT2D eigenvalue weighted by atomic mass is 14.3. The van der Waals surface area contributed by atoms with Crippen molar-refractivity contribution in [2.24, 2.45) is 11.8 Å². The van der Waals surface area contributed by atoms with Gasteiger partial charge in [0.25, 0.3) is 0 Å². The molecule has 2 aliphatic rings. The summed E-state index contributed by atoms with van der Waals surface area (Å²) in [7, 11) is 0. The van der Waals surface area contributed by atoms with E-state index < -0.39 is 11.8 Å². The molecule has 0 saturated carbocycles. The van der Waals surface area contributed by atoms with E-state index in [1.807, 2.05) is 72.8 Å². The van der Waals surface area contributed by atoms with Gasteiger partial charge in [-0.05, 0) is 54.6 Å². The molecule has 0 radical (unpaired) electrons. The predicted octanol–water partition coefficient (Wildman–Crippen LogP) is 7.28. The lowest BCUT2D eigenvalue weighted by molar-refractivity contribution is 0.686. The standard InChI is InChI=1S/C36H26/c1-2-12-27(13-3-1)35-31-16-6-8-18-33(31)36(34-19-9-7-17-32(34)35)28-23-21-26(22-24-28)30-20-10-14-25-11-4-5-15-29(25)30/h1-24,31,33H/i6D,7D,8D,9D,16D,17D,18D,19D. The van der Waals surface area contributed by atoms with Gasteiger partial charge in [-0.2, -0.15) is 0 Å². The Morgan fingerprint density at radius 3 is 1.75 bits per heavy atom. The number of benzene rings is 5. The molecule has 0 heterocycles. The van der Waals surface area contributed by atoms with E-state index in [1.54, 1.807) is 0 Å². The van der Waals surface area contributed by atoms with Gasteiger partial charge in [-0.1, -0.05) is 145 Å². The van der Waals surface area contributed by atoms with Crippen LogP contribution in [-0.2, 0) is 0 Å². The highest BCUT2D eigenvalue weighted by Crippen LogP contribution is 2.40. The molecule has 170 valence electrons. The summed E-state index contributed by atoms with van der Waals surface area (Å²) in [6.07, 6.45) is 0. The maximum absolute atomic E-state index is 9.11. The molecule has 0 fully saturated rings. The van der Waals surface area contributed by atoms with Gasteiger partial charge in [-0.3, -0.25) is 0 Å². The largest absolute Gasteiger partial charge is 0.0760 e. The molecule has 5 aromatic rings. The van der Waals surface area contributed by atoms with E-state index in [2.05, 4.69) is 24.3 Å². The van der Waals surface area contributed by atoms with Crippen molar-refractivity contribution in [3.05, 3.63) is 167 Å². The summed E-state index contributed by atoms with van der Waals surface area (Å²) in [5.41, 5.74) is 4.24. The summed E-state index contributed by atoms with van der Waals surface area (Å²) >= 11 is 0. The van der Waals surface area contributed by atoms with E-state index in [1.165, 1.54) is 0 Å². The van der Waals surface area contributed by atoms with Gasteiger partial charge in [-0.15, -0.1) is 0 Å². The highest BCUT2D eigenvalue weighted by Gasteiger charge is 2.31. The van der Waals surface area contributed by atoms with Gasteiger partial charge in [0, 0.05) is 11.8 Å². The molecule has 0 amide bonds. The van der Waals surface area contributed by atoms with Gasteiger partial charge in [0.05, 0.1) is 11.0 Å². The molecule has 0 nitrogen and oxygen atoms in total. The average molecular weight is 467 g/mol. The van der Waals surface area contributed by atoms with Gasteiger partial charge >= 0.3 is 0 Å². The minimum atomic E-state index is -0.894. The van der Waals surface area contributed by atoms with E-state index in [9.17, 15) is 0 Å². The number of hydrogen-bond donors (Lipinski definition) is 0. The molecule has 0 saturated heterocycles. The zero-order valence-corrected chi connectivity index (χ0v) is 19.4. The van der Waals surface area contributed by atoms with E-state index in [4.69, 9.17) is 11.0 Å². The molecule has 0 aliphatic heterocycles. The van der Waals surface area contributed by atoms with Crippen LogP contribution in [0.1, 0.15) is 22.1 Å². The van der Waals surface area contributed by atoms with Crippen LogP contribution in [-0.4, -0.2) is 0 Å². The lowest BCUT2D eigenvalue weighted by atomic mass is 9.70. The van der Waals surface area contributed by atoms with Crippen LogP contribution in [0.5, 0.6) is 0 Å². The first-order valence-corrected chi connectivity index (χ1v) is 12.0. The quantitative estimate of drug-likeness (QED) is 0.262. The Bertz CT molecular complexity index is 2190. The molecule has 0 aromatic heterocycles. The van der Waals surface area contributed by atoms with Gasteiger partial charge in [0.15, 0.2) is 0 Å². The molecule has 0 spiro atoms. The molecule has 5 aromatic carbocycles. The van der Waals surface area contributed by atoms with Gasteiger partial charge in [0.1, 0.15) is 0 Å².